The fourth-order valence-electron chi connectivity index (χ4n) is 2.15. The van der Waals surface area contributed by atoms with Gasteiger partial charge in [-0.15, -0.1) is 0 Å². The Bertz CT molecular complexity index is 945. The Hall–Kier alpha value is -2.22. The second-order valence-electron chi connectivity index (χ2n) is 4.25. The van der Waals surface area contributed by atoms with E-state index in [4.69, 9.17) is 5.11 Å². The molecule has 0 saturated heterocycles. The number of benzene rings is 1. The first-order valence-corrected chi connectivity index (χ1v) is 6.33. The molecule has 2 N–H and O–H groups in total. The van der Waals surface area contributed by atoms with Crippen LogP contribution < -0.4 is 5.56 Å². The normalized spacial score (nSPS) is 11.3. The number of hydrogen-bond donors (Lipinski definition) is 2. The molecule has 6 nitrogen and oxygen atoms in total. The van der Waals surface area contributed by atoms with Crippen LogP contribution in [-0.2, 0) is 0 Å². The smallest absolute Gasteiger partial charge is 0.356 e. The van der Waals surface area contributed by atoms with Crippen molar-refractivity contribution in [3.8, 4) is 0 Å². The van der Waals surface area contributed by atoms with Gasteiger partial charge < -0.3 is 10.1 Å². The van der Waals surface area contributed by atoms with Crippen molar-refractivity contribution in [1.29, 1.82) is 0 Å². The third-order valence-electron chi connectivity index (χ3n) is 3.04. The zero-order chi connectivity index (χ0) is 14.6. The highest BCUT2D eigenvalue weighted by atomic mass is 79.9. The van der Waals surface area contributed by atoms with Crippen LogP contribution in [0.4, 0.5) is 4.39 Å². The lowest BCUT2D eigenvalue weighted by atomic mass is 10.2. The van der Waals surface area contributed by atoms with Gasteiger partial charge in [-0.05, 0) is 28.9 Å². The minimum absolute atomic E-state index is 0.0362. The summed E-state index contributed by atoms with van der Waals surface area (Å²) >= 11 is 3.06. The molecule has 0 aliphatic heterocycles. The molecule has 20 heavy (non-hydrogen) atoms. The number of aryl methyl sites for hydroxylation is 1. The molecule has 0 aliphatic carbocycles. The number of carboxylic acids is 1. The van der Waals surface area contributed by atoms with E-state index in [1.807, 2.05) is 0 Å². The number of aromatic carboxylic acids is 1. The van der Waals surface area contributed by atoms with E-state index in [1.54, 1.807) is 6.92 Å². The quantitative estimate of drug-likeness (QED) is 0.710. The molecule has 0 aliphatic rings. The maximum absolute atomic E-state index is 13.5. The monoisotopic (exact) mass is 339 g/mol. The molecule has 0 fully saturated rings. The number of nitrogens with one attached hydrogen (secondary N) is 1. The fraction of sp³-hybridized carbons (Fsp3) is 0.0833. The second-order valence-corrected chi connectivity index (χ2v) is 5.10. The van der Waals surface area contributed by atoms with Gasteiger partial charge in [-0.1, -0.05) is 0 Å². The number of carbonyl (C=O) groups is 1. The topological polar surface area (TPSA) is 87.5 Å². The molecule has 0 amide bonds. The van der Waals surface area contributed by atoms with Gasteiger partial charge >= 0.3 is 5.97 Å². The number of imidazole rings is 1. The van der Waals surface area contributed by atoms with E-state index in [2.05, 4.69) is 25.9 Å². The number of fused-ring (bicyclic) bond motifs is 3. The SMILES string of the molecule is Cc1c(C(=O)O)nc2c(=O)[nH]c3cc(F)c(Br)cc3n12. The number of hydrogen-bond acceptors (Lipinski definition) is 3. The first kappa shape index (κ1) is 12.8. The number of aromatic amines is 1. The number of rotatable bonds is 1. The number of H-pyrrole nitrogens is 1. The van der Waals surface area contributed by atoms with E-state index in [9.17, 15) is 14.0 Å². The van der Waals surface area contributed by atoms with Crippen molar-refractivity contribution in [1.82, 2.24) is 14.4 Å². The van der Waals surface area contributed by atoms with E-state index >= 15 is 0 Å². The largest absolute Gasteiger partial charge is 0.476 e. The van der Waals surface area contributed by atoms with Crippen molar-refractivity contribution < 1.29 is 14.3 Å². The van der Waals surface area contributed by atoms with Gasteiger partial charge in [-0.3, -0.25) is 9.20 Å². The lowest BCUT2D eigenvalue weighted by molar-refractivity contribution is 0.0690. The van der Waals surface area contributed by atoms with Crippen LogP contribution in [0.1, 0.15) is 16.2 Å². The Labute approximate surface area is 119 Å². The predicted octanol–water partition coefficient (Wildman–Crippen LogP) is 2.08. The lowest BCUT2D eigenvalue weighted by Crippen LogP contribution is -2.11. The zero-order valence-electron chi connectivity index (χ0n) is 10.1. The van der Waals surface area contributed by atoms with E-state index < -0.39 is 17.3 Å². The van der Waals surface area contributed by atoms with Crippen molar-refractivity contribution in [2.75, 3.05) is 0 Å². The van der Waals surface area contributed by atoms with E-state index in [0.717, 1.165) is 0 Å². The molecule has 3 rings (SSSR count). The van der Waals surface area contributed by atoms with E-state index in [1.165, 1.54) is 16.5 Å². The highest BCUT2D eigenvalue weighted by Gasteiger charge is 2.19. The van der Waals surface area contributed by atoms with Crippen LogP contribution >= 0.6 is 15.9 Å². The highest BCUT2D eigenvalue weighted by molar-refractivity contribution is 9.10. The summed E-state index contributed by atoms with van der Waals surface area (Å²) < 4.78 is 15.1. The molecular weight excluding hydrogens is 333 g/mol. The van der Waals surface area contributed by atoms with Crippen LogP contribution in [0.15, 0.2) is 21.4 Å². The molecule has 2 heterocycles. The molecule has 2 aromatic heterocycles. The Balaban J connectivity index is 2.61. The number of nitrogens with zero attached hydrogens (tertiary/aromatic N) is 2. The molecule has 1 aromatic carbocycles. The molecule has 0 unspecified atom stereocenters. The Morgan fingerprint density at radius 1 is 1.50 bits per heavy atom. The molecule has 0 radical (unpaired) electrons. The molecule has 0 saturated carbocycles. The lowest BCUT2D eigenvalue weighted by Gasteiger charge is -2.05. The van der Waals surface area contributed by atoms with Gasteiger partial charge in [0.25, 0.3) is 5.56 Å². The fourth-order valence-corrected chi connectivity index (χ4v) is 2.48. The summed E-state index contributed by atoms with van der Waals surface area (Å²) in [6.07, 6.45) is 0. The summed E-state index contributed by atoms with van der Waals surface area (Å²) in [7, 11) is 0. The third-order valence-corrected chi connectivity index (χ3v) is 3.65. The van der Waals surface area contributed by atoms with Crippen molar-refractivity contribution in [3.63, 3.8) is 0 Å². The van der Waals surface area contributed by atoms with Crippen LogP contribution in [0.25, 0.3) is 16.7 Å². The molecular formula is C12H7BrFN3O3. The standard InChI is InChI=1S/C12H7BrFN3O3/c1-4-9(12(19)20)16-10-11(18)15-7-3-6(14)5(13)2-8(7)17(4)10/h2-3H,1H3,(H,15,18)(H,19,20). The van der Waals surface area contributed by atoms with Gasteiger partial charge in [0, 0.05) is 6.07 Å². The van der Waals surface area contributed by atoms with Crippen LogP contribution in [0.2, 0.25) is 0 Å². The maximum atomic E-state index is 13.5. The number of carboxylic acid groups (broad SMARTS) is 1. The number of aromatic nitrogens is 3. The summed E-state index contributed by atoms with van der Waals surface area (Å²) in [6, 6.07) is 2.63. The van der Waals surface area contributed by atoms with Crippen LogP contribution in [0, 0.1) is 12.7 Å². The minimum Gasteiger partial charge on any atom is -0.476 e. The van der Waals surface area contributed by atoms with E-state index in [0.29, 0.717) is 11.2 Å². The summed E-state index contributed by atoms with van der Waals surface area (Å²) in [6.45, 7) is 1.54. The molecule has 0 bridgehead atoms. The molecule has 102 valence electrons. The van der Waals surface area contributed by atoms with Crippen molar-refractivity contribution in [2.45, 2.75) is 6.92 Å². The Morgan fingerprint density at radius 3 is 2.85 bits per heavy atom. The first-order valence-electron chi connectivity index (χ1n) is 5.53. The third kappa shape index (κ3) is 1.64. The summed E-state index contributed by atoms with van der Waals surface area (Å²) in [5.74, 6) is -1.75. The Kier molecular flexibility index (Phi) is 2.65. The molecule has 8 heteroatoms. The van der Waals surface area contributed by atoms with Gasteiger partial charge in [-0.2, -0.15) is 0 Å². The van der Waals surface area contributed by atoms with Crippen molar-refractivity contribution in [3.05, 3.63) is 44.2 Å². The van der Waals surface area contributed by atoms with Crippen LogP contribution in [0.5, 0.6) is 0 Å². The van der Waals surface area contributed by atoms with Crippen LogP contribution in [0.3, 0.4) is 0 Å². The predicted molar refractivity (Wildman–Crippen MR) is 72.7 cm³/mol. The van der Waals surface area contributed by atoms with Gasteiger partial charge in [0.2, 0.25) is 5.65 Å². The maximum Gasteiger partial charge on any atom is 0.356 e. The first-order chi connectivity index (χ1) is 9.40. The van der Waals surface area contributed by atoms with Gasteiger partial charge in [0.1, 0.15) is 5.82 Å². The van der Waals surface area contributed by atoms with Crippen molar-refractivity contribution in [2.24, 2.45) is 0 Å². The van der Waals surface area contributed by atoms with Crippen molar-refractivity contribution >= 4 is 38.6 Å². The molecule has 3 aromatic rings. The summed E-state index contributed by atoms with van der Waals surface area (Å²) in [4.78, 5) is 29.3. The second kappa shape index (κ2) is 4.14. The average Bonchev–Trinajstić information content (AvgIpc) is 2.71. The summed E-state index contributed by atoms with van der Waals surface area (Å²) in [5.41, 5.74) is 0.220. The van der Waals surface area contributed by atoms with Gasteiger partial charge in [0.15, 0.2) is 5.69 Å². The Morgan fingerprint density at radius 2 is 2.20 bits per heavy atom. The summed E-state index contributed by atoms with van der Waals surface area (Å²) in [5, 5.41) is 9.07. The molecule has 0 spiro atoms. The number of halogens is 2. The van der Waals surface area contributed by atoms with Gasteiger partial charge in [0.05, 0.1) is 21.2 Å². The minimum atomic E-state index is -1.22. The average molecular weight is 340 g/mol. The molecule has 0 atom stereocenters. The van der Waals surface area contributed by atoms with E-state index in [-0.39, 0.29) is 21.3 Å². The van der Waals surface area contributed by atoms with Crippen LogP contribution in [-0.4, -0.2) is 25.4 Å². The van der Waals surface area contributed by atoms with Gasteiger partial charge in [-0.25, -0.2) is 14.2 Å². The highest BCUT2D eigenvalue weighted by Crippen LogP contribution is 2.23. The zero-order valence-corrected chi connectivity index (χ0v) is 11.7.